The minimum atomic E-state index is -1.19. The minimum absolute atomic E-state index is 0.0262. The molecule has 3 unspecified atom stereocenters. The van der Waals surface area contributed by atoms with Gasteiger partial charge >= 0.3 is 6.09 Å². The average molecular weight is 690 g/mol. The first kappa shape index (κ1) is 36.3. The summed E-state index contributed by atoms with van der Waals surface area (Å²) in [5.74, 6) is -2.22. The predicted molar refractivity (Wildman–Crippen MR) is 185 cm³/mol. The van der Waals surface area contributed by atoms with Gasteiger partial charge in [-0.15, -0.1) is 11.8 Å². The molecule has 0 saturated heterocycles. The number of hydrogen-bond donors (Lipinski definition) is 8. The standard InChI is InChI=1S/C34H39N7O7S/c35-16-15-26(40-34(47)48-24-13-11-21(12-14-24)17-25(36)31(44)38-23-9-5-2-6-10-23)32(45)39-27(30(37)43)20-49-28-18-29(42)41(33(28)46)19-22-7-3-1-4-8-22/h1-14,18,25-27,42,46H,15-17,19-20,35-36H2,(H2,37,43)(H,38,44)(H,39,45)(H,40,47). The lowest BCUT2D eigenvalue weighted by Crippen LogP contribution is -2.54. The smallest absolute Gasteiger partial charge is 0.413 e. The number of nitrogens with zero attached hydrogens (tertiary/aromatic N) is 1. The maximum atomic E-state index is 13.1. The third-order valence-electron chi connectivity index (χ3n) is 7.29. The van der Waals surface area contributed by atoms with Crippen LogP contribution in [0.2, 0.25) is 0 Å². The number of nitrogens with two attached hydrogens (primary N) is 3. The summed E-state index contributed by atoms with van der Waals surface area (Å²) < 4.78 is 6.63. The summed E-state index contributed by atoms with van der Waals surface area (Å²) in [7, 11) is 0. The van der Waals surface area contributed by atoms with Crippen LogP contribution in [-0.2, 0) is 27.3 Å². The number of primary amides is 1. The van der Waals surface area contributed by atoms with Crippen molar-refractivity contribution < 1.29 is 34.1 Å². The normalized spacial score (nSPS) is 12.7. The molecule has 14 nitrogen and oxygen atoms in total. The van der Waals surface area contributed by atoms with Crippen LogP contribution < -0.4 is 37.9 Å². The van der Waals surface area contributed by atoms with Crippen molar-refractivity contribution in [2.24, 2.45) is 17.2 Å². The number of carbonyl (C=O) groups excluding carboxylic acids is 4. The van der Waals surface area contributed by atoms with E-state index in [-0.39, 0.29) is 60.0 Å². The largest absolute Gasteiger partial charge is 0.494 e. The van der Waals surface area contributed by atoms with Gasteiger partial charge in [-0.3, -0.25) is 19.0 Å². The molecule has 1 heterocycles. The molecule has 0 radical (unpaired) electrons. The van der Waals surface area contributed by atoms with Gasteiger partial charge in [-0.1, -0.05) is 60.7 Å². The topological polar surface area (TPSA) is 237 Å². The lowest BCUT2D eigenvalue weighted by atomic mass is 10.1. The number of ether oxygens (including phenoxy) is 1. The molecule has 49 heavy (non-hydrogen) atoms. The van der Waals surface area contributed by atoms with Crippen LogP contribution in [0.1, 0.15) is 17.5 Å². The number of nitrogens with one attached hydrogen (secondary N) is 3. The van der Waals surface area contributed by atoms with Gasteiger partial charge in [0.25, 0.3) is 0 Å². The fourth-order valence-corrected chi connectivity index (χ4v) is 5.70. The Bertz CT molecular complexity index is 1720. The Labute approximate surface area is 287 Å². The maximum Gasteiger partial charge on any atom is 0.413 e. The van der Waals surface area contributed by atoms with E-state index < -0.39 is 36.0 Å². The molecular formula is C34H39N7O7S. The lowest BCUT2D eigenvalue weighted by molar-refractivity contribution is -0.128. The second-order valence-electron chi connectivity index (χ2n) is 11.0. The highest BCUT2D eigenvalue weighted by Gasteiger charge is 2.27. The number of benzene rings is 3. The van der Waals surface area contributed by atoms with E-state index in [1.807, 2.05) is 36.4 Å². The summed E-state index contributed by atoms with van der Waals surface area (Å²) >= 11 is 1.00. The molecule has 0 aliphatic carbocycles. The predicted octanol–water partition coefficient (Wildman–Crippen LogP) is 2.02. The summed E-state index contributed by atoms with van der Waals surface area (Å²) in [5, 5.41) is 28.8. The molecule has 4 rings (SSSR count). The van der Waals surface area contributed by atoms with Crippen molar-refractivity contribution >= 4 is 41.3 Å². The molecule has 4 amide bonds. The number of para-hydroxylation sites is 1. The Morgan fingerprint density at radius 2 is 1.49 bits per heavy atom. The van der Waals surface area contributed by atoms with E-state index in [1.54, 1.807) is 36.4 Å². The van der Waals surface area contributed by atoms with Crippen LogP contribution in [0.15, 0.2) is 95.9 Å². The van der Waals surface area contributed by atoms with E-state index in [0.717, 1.165) is 22.9 Å². The van der Waals surface area contributed by atoms with Gasteiger partial charge in [-0.2, -0.15) is 0 Å². The van der Waals surface area contributed by atoms with Gasteiger partial charge in [0.05, 0.1) is 17.5 Å². The first-order chi connectivity index (χ1) is 23.5. The van der Waals surface area contributed by atoms with Crippen molar-refractivity contribution in [3.05, 3.63) is 102 Å². The number of rotatable bonds is 16. The Balaban J connectivity index is 1.29. The zero-order valence-electron chi connectivity index (χ0n) is 26.5. The molecule has 0 spiro atoms. The fraction of sp³-hybridized carbons (Fsp3) is 0.235. The average Bonchev–Trinajstić information content (AvgIpc) is 3.35. The molecule has 11 N–H and O–H groups in total. The van der Waals surface area contributed by atoms with Crippen molar-refractivity contribution in [3.63, 3.8) is 0 Å². The molecule has 0 aliphatic rings. The van der Waals surface area contributed by atoms with Crippen LogP contribution in [0.3, 0.4) is 0 Å². The molecule has 3 atom stereocenters. The first-order valence-corrected chi connectivity index (χ1v) is 16.3. The van der Waals surface area contributed by atoms with Crippen molar-refractivity contribution in [3.8, 4) is 17.5 Å². The second kappa shape index (κ2) is 17.6. The summed E-state index contributed by atoms with van der Waals surface area (Å²) in [6.45, 7) is 0.243. The van der Waals surface area contributed by atoms with E-state index in [0.29, 0.717) is 5.69 Å². The molecule has 0 saturated carbocycles. The number of hydrogen-bond acceptors (Lipinski definition) is 10. The number of aromatic nitrogens is 1. The monoisotopic (exact) mass is 689 g/mol. The Morgan fingerprint density at radius 3 is 2.12 bits per heavy atom. The highest BCUT2D eigenvalue weighted by atomic mass is 32.2. The number of amides is 4. The van der Waals surface area contributed by atoms with Crippen molar-refractivity contribution in [1.82, 2.24) is 15.2 Å². The van der Waals surface area contributed by atoms with E-state index in [1.165, 1.54) is 22.8 Å². The van der Waals surface area contributed by atoms with Crippen molar-refractivity contribution in [1.29, 1.82) is 0 Å². The number of thioether (sulfide) groups is 1. The third kappa shape index (κ3) is 10.8. The highest BCUT2D eigenvalue weighted by molar-refractivity contribution is 7.99. The minimum Gasteiger partial charge on any atom is -0.494 e. The number of anilines is 1. The SMILES string of the molecule is NCCC(NC(=O)Oc1ccc(CC(N)C(=O)Nc2ccccc2)cc1)C(=O)NC(CSc1cc(O)n(Cc2ccccc2)c1O)C(N)=O. The van der Waals surface area contributed by atoms with E-state index >= 15 is 0 Å². The highest BCUT2D eigenvalue weighted by Crippen LogP contribution is 2.36. The lowest BCUT2D eigenvalue weighted by Gasteiger charge is -2.21. The molecule has 258 valence electrons. The maximum absolute atomic E-state index is 13.1. The summed E-state index contributed by atoms with van der Waals surface area (Å²) in [6.07, 6.45) is -0.674. The van der Waals surface area contributed by atoms with Crippen LogP contribution in [0.5, 0.6) is 17.5 Å². The van der Waals surface area contributed by atoms with Crippen molar-refractivity contribution in [2.45, 2.75) is 42.4 Å². The Hall–Kier alpha value is -5.51. The van der Waals surface area contributed by atoms with Gasteiger partial charge in [0.1, 0.15) is 17.8 Å². The second-order valence-corrected chi connectivity index (χ2v) is 12.1. The van der Waals surface area contributed by atoms with Crippen LogP contribution in [0.25, 0.3) is 0 Å². The van der Waals surface area contributed by atoms with Gasteiger partial charge < -0.3 is 48.1 Å². The molecule has 0 fully saturated rings. The Morgan fingerprint density at radius 1 is 0.837 bits per heavy atom. The van der Waals surface area contributed by atoms with Gasteiger partial charge in [-0.05, 0) is 54.8 Å². The number of carbonyl (C=O) groups is 4. The first-order valence-electron chi connectivity index (χ1n) is 15.3. The molecule has 0 bridgehead atoms. The molecule has 3 aromatic carbocycles. The zero-order chi connectivity index (χ0) is 35.3. The fourth-order valence-electron chi connectivity index (χ4n) is 4.68. The molecular weight excluding hydrogens is 650 g/mol. The zero-order valence-corrected chi connectivity index (χ0v) is 27.3. The van der Waals surface area contributed by atoms with Gasteiger partial charge in [-0.25, -0.2) is 4.79 Å². The molecule has 4 aromatic rings. The molecule has 0 aliphatic heterocycles. The van der Waals surface area contributed by atoms with E-state index in [9.17, 15) is 29.4 Å². The quantitative estimate of drug-likeness (QED) is 0.0797. The van der Waals surface area contributed by atoms with E-state index in [4.69, 9.17) is 21.9 Å². The van der Waals surface area contributed by atoms with Crippen LogP contribution in [0, 0.1) is 0 Å². The summed E-state index contributed by atoms with van der Waals surface area (Å²) in [5.41, 5.74) is 19.5. The van der Waals surface area contributed by atoms with Gasteiger partial charge in [0, 0.05) is 17.5 Å². The summed E-state index contributed by atoms with van der Waals surface area (Å²) in [4.78, 5) is 50.7. The van der Waals surface area contributed by atoms with Gasteiger partial charge in [0.15, 0.2) is 5.88 Å². The van der Waals surface area contributed by atoms with Gasteiger partial charge in [0.2, 0.25) is 23.6 Å². The molecule has 1 aromatic heterocycles. The van der Waals surface area contributed by atoms with E-state index in [2.05, 4.69) is 16.0 Å². The van der Waals surface area contributed by atoms with Crippen LogP contribution >= 0.6 is 11.8 Å². The third-order valence-corrected chi connectivity index (χ3v) is 8.40. The summed E-state index contributed by atoms with van der Waals surface area (Å²) in [6, 6.07) is 22.7. The number of aromatic hydroxyl groups is 2. The van der Waals surface area contributed by atoms with Crippen LogP contribution in [-0.4, -0.2) is 69.0 Å². The Kier molecular flexibility index (Phi) is 13.0. The van der Waals surface area contributed by atoms with Crippen molar-refractivity contribution in [2.75, 3.05) is 17.6 Å². The molecule has 15 heteroatoms. The van der Waals surface area contributed by atoms with Crippen LogP contribution in [0.4, 0.5) is 10.5 Å².